The van der Waals surface area contributed by atoms with Crippen molar-refractivity contribution in [3.05, 3.63) is 65.9 Å². The van der Waals surface area contributed by atoms with E-state index in [4.69, 9.17) is 22.9 Å². The van der Waals surface area contributed by atoms with E-state index in [1.54, 1.807) is 25.1 Å². The number of benzene rings is 2. The molecule has 0 fully saturated rings. The molecule has 0 bridgehead atoms. The number of thiol groups is 2. The lowest BCUT2D eigenvalue weighted by molar-refractivity contribution is 0.452. The molecular formula is C24H16N4O4S4. The largest absolute Gasteiger partial charge is 0.493 e. The fourth-order valence-corrected chi connectivity index (χ4v) is 6.55. The zero-order valence-electron chi connectivity index (χ0n) is 18.7. The predicted molar refractivity (Wildman–Crippen MR) is 156 cm³/mol. The first kappa shape index (κ1) is 23.1. The number of nitrogens with two attached hydrogens (primary N) is 1. The summed E-state index contributed by atoms with van der Waals surface area (Å²) >= 11 is 15.4. The topological polar surface area (TPSA) is 123 Å². The first-order chi connectivity index (χ1) is 17.0. The smallest absolute Gasteiger partial charge is 0.271 e. The molecule has 4 heterocycles. The van der Waals surface area contributed by atoms with Crippen LogP contribution >= 0.6 is 49.2 Å². The van der Waals surface area contributed by atoms with Crippen molar-refractivity contribution in [2.75, 3.05) is 5.73 Å². The van der Waals surface area contributed by atoms with Gasteiger partial charge in [-0.05, 0) is 43.7 Å². The maximum Gasteiger partial charge on any atom is 0.271 e. The third-order valence-electron chi connectivity index (χ3n) is 6.41. The van der Waals surface area contributed by atoms with Gasteiger partial charge in [-0.1, -0.05) is 37.8 Å². The second kappa shape index (κ2) is 7.59. The Morgan fingerprint density at radius 1 is 0.944 bits per heavy atom. The summed E-state index contributed by atoms with van der Waals surface area (Å²) in [5, 5.41) is 23.4. The molecule has 4 N–H and O–H groups in total. The molecule has 2 aromatic carbocycles. The fraction of sp³-hybridized carbons (Fsp3) is 0.0833. The van der Waals surface area contributed by atoms with Crippen LogP contribution in [0.4, 0.5) is 5.69 Å². The first-order valence-corrected chi connectivity index (χ1v) is 12.6. The van der Waals surface area contributed by atoms with E-state index in [-0.39, 0.29) is 22.0 Å². The van der Waals surface area contributed by atoms with E-state index in [9.17, 15) is 19.8 Å². The Morgan fingerprint density at radius 2 is 1.53 bits per heavy atom. The fourth-order valence-electron chi connectivity index (χ4n) is 4.87. The highest BCUT2D eigenvalue weighted by Gasteiger charge is 2.28. The predicted octanol–water partition coefficient (Wildman–Crippen LogP) is 4.18. The Labute approximate surface area is 223 Å². The molecule has 0 radical (unpaired) electrons. The number of nitrogens with zero attached hydrogens (tertiary/aromatic N) is 3. The SMILES string of the molecule is Cc1cc(N)c(C2=NC(c3cc4c(O)n(S)c(=O)c5c(C)cc6c(O)n(S)c(=O)c3c6c45)=CC2=S)s1. The summed E-state index contributed by atoms with van der Waals surface area (Å²) in [5.74, 6) is -0.778. The van der Waals surface area contributed by atoms with E-state index in [0.717, 1.165) is 17.7 Å². The van der Waals surface area contributed by atoms with Gasteiger partial charge in [-0.3, -0.25) is 9.59 Å². The maximum absolute atomic E-state index is 13.5. The summed E-state index contributed by atoms with van der Waals surface area (Å²) in [4.78, 5) is 33.4. The van der Waals surface area contributed by atoms with Crippen LogP contribution < -0.4 is 16.9 Å². The number of nitrogen functional groups attached to an aromatic ring is 1. The first-order valence-electron chi connectivity index (χ1n) is 10.6. The number of aromatic hydroxyl groups is 2. The highest BCUT2D eigenvalue weighted by atomic mass is 32.1. The number of anilines is 1. The third-order valence-corrected chi connectivity index (χ3v) is 8.53. The van der Waals surface area contributed by atoms with Gasteiger partial charge in [0.25, 0.3) is 11.1 Å². The van der Waals surface area contributed by atoms with E-state index in [1.165, 1.54) is 11.3 Å². The average molecular weight is 553 g/mol. The molecule has 180 valence electrons. The lowest BCUT2D eigenvalue weighted by atomic mass is 9.90. The summed E-state index contributed by atoms with van der Waals surface area (Å²) < 4.78 is 1.70. The molecule has 0 atom stereocenters. The van der Waals surface area contributed by atoms with Crippen molar-refractivity contribution in [1.29, 1.82) is 0 Å². The van der Waals surface area contributed by atoms with Gasteiger partial charge >= 0.3 is 0 Å². The number of aromatic nitrogens is 2. The van der Waals surface area contributed by atoms with Gasteiger partial charge < -0.3 is 15.9 Å². The molecule has 5 aromatic rings. The minimum Gasteiger partial charge on any atom is -0.493 e. The number of thiocarbonyl (C=S) groups is 1. The van der Waals surface area contributed by atoms with Crippen LogP contribution in [0.15, 0.2) is 38.9 Å². The van der Waals surface area contributed by atoms with Gasteiger partial charge in [0, 0.05) is 32.0 Å². The van der Waals surface area contributed by atoms with Crippen molar-refractivity contribution in [2.24, 2.45) is 4.99 Å². The summed E-state index contributed by atoms with van der Waals surface area (Å²) in [6.07, 6.45) is 1.66. The number of rotatable bonds is 2. The Morgan fingerprint density at radius 3 is 2.14 bits per heavy atom. The maximum atomic E-state index is 13.5. The third kappa shape index (κ3) is 2.89. The molecule has 0 amide bonds. The van der Waals surface area contributed by atoms with Crippen molar-refractivity contribution in [2.45, 2.75) is 13.8 Å². The highest BCUT2D eigenvalue weighted by Crippen LogP contribution is 2.44. The van der Waals surface area contributed by atoms with Crippen LogP contribution in [-0.2, 0) is 0 Å². The minimum absolute atomic E-state index is 0.181. The lowest BCUT2D eigenvalue weighted by Crippen LogP contribution is -2.18. The Bertz CT molecular complexity index is 2030. The molecular weight excluding hydrogens is 537 g/mol. The van der Waals surface area contributed by atoms with Crippen LogP contribution in [0.2, 0.25) is 0 Å². The van der Waals surface area contributed by atoms with Crippen molar-refractivity contribution in [1.82, 2.24) is 7.94 Å². The summed E-state index contributed by atoms with van der Waals surface area (Å²) in [6, 6.07) is 5.04. The molecule has 12 heteroatoms. The number of pyridine rings is 2. The summed E-state index contributed by atoms with van der Waals surface area (Å²) in [6.45, 7) is 3.64. The number of allylic oxidation sites excluding steroid dienone is 1. The van der Waals surface area contributed by atoms with Gasteiger partial charge in [0.15, 0.2) is 0 Å². The Balaban J connectivity index is 1.82. The molecule has 6 rings (SSSR count). The molecule has 0 spiro atoms. The van der Waals surface area contributed by atoms with Gasteiger partial charge in [0.2, 0.25) is 11.8 Å². The normalized spacial score (nSPS) is 13.9. The van der Waals surface area contributed by atoms with Crippen LogP contribution in [0.25, 0.3) is 38.0 Å². The second-order valence-corrected chi connectivity index (χ2v) is 11.1. The van der Waals surface area contributed by atoms with Crippen molar-refractivity contribution in [3.8, 4) is 11.8 Å². The van der Waals surface area contributed by atoms with E-state index in [1.807, 2.05) is 13.0 Å². The van der Waals surface area contributed by atoms with Gasteiger partial charge in [0.05, 0.1) is 31.9 Å². The molecule has 0 unspecified atom stereocenters. The molecule has 3 aromatic heterocycles. The summed E-state index contributed by atoms with van der Waals surface area (Å²) in [5.41, 5.74) is 7.37. The molecule has 36 heavy (non-hydrogen) atoms. The van der Waals surface area contributed by atoms with Crippen molar-refractivity contribution in [3.63, 3.8) is 0 Å². The number of aliphatic imine (C=N–C) groups is 1. The number of aryl methyl sites for hydroxylation is 2. The highest BCUT2D eigenvalue weighted by molar-refractivity contribution is 7.82. The van der Waals surface area contributed by atoms with Crippen molar-refractivity contribution >= 4 is 103 Å². The van der Waals surface area contributed by atoms with Crippen LogP contribution in [0.5, 0.6) is 11.8 Å². The zero-order valence-corrected chi connectivity index (χ0v) is 22.1. The molecule has 1 aliphatic heterocycles. The molecule has 1 aliphatic rings. The van der Waals surface area contributed by atoms with E-state index in [2.05, 4.69) is 25.6 Å². The quantitative estimate of drug-likeness (QED) is 0.127. The van der Waals surface area contributed by atoms with Crippen LogP contribution in [0.3, 0.4) is 0 Å². The minimum atomic E-state index is -0.609. The lowest BCUT2D eigenvalue weighted by Gasteiger charge is -2.18. The van der Waals surface area contributed by atoms with Crippen molar-refractivity contribution < 1.29 is 10.2 Å². The van der Waals surface area contributed by atoms with Gasteiger partial charge in [-0.15, -0.1) is 11.3 Å². The van der Waals surface area contributed by atoms with Gasteiger partial charge in [0.1, 0.15) is 5.71 Å². The van der Waals surface area contributed by atoms with E-state index < -0.39 is 17.0 Å². The van der Waals surface area contributed by atoms with Gasteiger partial charge in [-0.2, -0.15) is 0 Å². The molecule has 8 nitrogen and oxygen atoms in total. The second-order valence-electron chi connectivity index (χ2n) is 8.59. The van der Waals surface area contributed by atoms with Crippen LogP contribution in [0, 0.1) is 13.8 Å². The van der Waals surface area contributed by atoms with E-state index in [0.29, 0.717) is 49.2 Å². The standard InChI is InChI=1S/C24H16N4O4S4/c1-7-3-10-17-16-11(22(30)27(34)23(31)15(7)16)5-9(18(17)24(32)28(35)21(10)29)13-6-14(33)19(26-13)20-12(25)4-8(2)36-20/h3-6,29-30,34-35H,25H2,1-2H3. The number of hydrogen-bond donors (Lipinski definition) is 5. The zero-order chi connectivity index (χ0) is 25.8. The number of thiophene rings is 1. The number of hydrogen-bond acceptors (Lipinski definition) is 10. The summed E-state index contributed by atoms with van der Waals surface area (Å²) in [7, 11) is 0. The molecule has 0 saturated heterocycles. The average Bonchev–Trinajstić information content (AvgIpc) is 3.38. The monoisotopic (exact) mass is 552 g/mol. The Kier molecular flexibility index (Phi) is 4.87. The van der Waals surface area contributed by atoms with E-state index >= 15 is 0 Å². The van der Waals surface area contributed by atoms with Gasteiger partial charge in [-0.25, -0.2) is 12.9 Å². The Hall–Kier alpha value is -3.32. The van der Waals surface area contributed by atoms with Crippen LogP contribution in [0.1, 0.15) is 20.9 Å². The molecule has 0 saturated carbocycles. The molecule has 0 aliphatic carbocycles. The van der Waals surface area contributed by atoms with Crippen LogP contribution in [-0.4, -0.2) is 28.7 Å².